The topological polar surface area (TPSA) is 53.8 Å². The molecule has 0 atom stereocenters. The van der Waals surface area contributed by atoms with Crippen LogP contribution in [-0.2, 0) is 11.5 Å². The zero-order valence-corrected chi connectivity index (χ0v) is 7.69. The first-order valence-corrected chi connectivity index (χ1v) is 4.74. The lowest BCUT2D eigenvalue weighted by Gasteiger charge is -1.80. The number of fused-ring (bicyclic) bond motifs is 1. The SMILES string of the molecule is N=S=O.c1ccc2scnc2c1. The smallest absolute Gasteiger partial charge is 0.196 e. The first kappa shape index (κ1) is 9.02. The summed E-state index contributed by atoms with van der Waals surface area (Å²) in [6.45, 7) is 0. The summed E-state index contributed by atoms with van der Waals surface area (Å²) in [5.74, 6) is 0. The van der Waals surface area contributed by atoms with Gasteiger partial charge in [0.15, 0.2) is 11.5 Å². The number of nitrogens with zero attached hydrogens (tertiary/aromatic N) is 1. The maximum atomic E-state index is 8.51. The largest absolute Gasteiger partial charge is 0.245 e. The van der Waals surface area contributed by atoms with E-state index in [0.29, 0.717) is 0 Å². The second-order valence-electron chi connectivity index (χ2n) is 1.90. The summed E-state index contributed by atoms with van der Waals surface area (Å²) >= 11 is 1.43. The molecule has 0 bridgehead atoms. The van der Waals surface area contributed by atoms with Gasteiger partial charge in [-0.25, -0.2) is 9.76 Å². The van der Waals surface area contributed by atoms with E-state index in [4.69, 9.17) is 8.99 Å². The van der Waals surface area contributed by atoms with Crippen molar-refractivity contribution >= 4 is 33.0 Å². The minimum atomic E-state index is -0.250. The average molecular weight is 198 g/mol. The number of aromatic nitrogens is 1. The number of hydrogen-bond acceptors (Lipinski definition) is 4. The molecule has 0 saturated carbocycles. The molecule has 0 saturated heterocycles. The van der Waals surface area contributed by atoms with Crippen LogP contribution in [0.3, 0.4) is 0 Å². The van der Waals surface area contributed by atoms with Crippen molar-refractivity contribution in [2.24, 2.45) is 0 Å². The Morgan fingerprint density at radius 3 is 2.75 bits per heavy atom. The van der Waals surface area contributed by atoms with Crippen LogP contribution < -0.4 is 0 Å². The van der Waals surface area contributed by atoms with Gasteiger partial charge in [-0.1, -0.05) is 12.1 Å². The van der Waals surface area contributed by atoms with Gasteiger partial charge >= 0.3 is 0 Å². The minimum Gasteiger partial charge on any atom is -0.245 e. The summed E-state index contributed by atoms with van der Waals surface area (Å²) in [6.07, 6.45) is 0. The molecule has 1 N–H and O–H groups in total. The summed E-state index contributed by atoms with van der Waals surface area (Å²) in [4.78, 5) is 4.14. The van der Waals surface area contributed by atoms with E-state index in [1.54, 1.807) is 11.3 Å². The molecule has 3 nitrogen and oxygen atoms in total. The number of para-hydroxylation sites is 1. The van der Waals surface area contributed by atoms with E-state index in [-0.39, 0.29) is 11.5 Å². The van der Waals surface area contributed by atoms with Gasteiger partial charge in [-0.2, -0.15) is 4.21 Å². The van der Waals surface area contributed by atoms with Crippen LogP contribution in [0, 0.1) is 4.78 Å². The highest BCUT2D eigenvalue weighted by molar-refractivity contribution is 7.53. The molecule has 62 valence electrons. The highest BCUT2D eigenvalue weighted by Crippen LogP contribution is 2.15. The standard InChI is InChI=1S/C7H5NS.HNOS/c1-2-4-7-6(3-1)8-5-9-7;1-3-2/h1-5H;1H. The Bertz CT molecular complexity index is 363. The van der Waals surface area contributed by atoms with Crippen molar-refractivity contribution < 1.29 is 4.21 Å². The molecular formula is C7H6N2OS2. The summed E-state index contributed by atoms with van der Waals surface area (Å²) < 4.78 is 15.3. The maximum Gasteiger partial charge on any atom is 0.196 e. The molecule has 0 aliphatic carbocycles. The maximum absolute atomic E-state index is 8.51. The number of rotatable bonds is 0. The zero-order valence-electron chi connectivity index (χ0n) is 6.06. The van der Waals surface area contributed by atoms with E-state index in [0.717, 1.165) is 5.52 Å². The predicted molar refractivity (Wildman–Crippen MR) is 50.5 cm³/mol. The van der Waals surface area contributed by atoms with E-state index in [9.17, 15) is 0 Å². The van der Waals surface area contributed by atoms with Gasteiger partial charge in [0.1, 0.15) is 0 Å². The zero-order chi connectivity index (χ0) is 8.81. The van der Waals surface area contributed by atoms with Crippen molar-refractivity contribution in [1.29, 1.82) is 4.78 Å². The van der Waals surface area contributed by atoms with E-state index < -0.39 is 0 Å². The fourth-order valence-electron chi connectivity index (χ4n) is 0.803. The van der Waals surface area contributed by atoms with Gasteiger partial charge in [0.2, 0.25) is 0 Å². The van der Waals surface area contributed by atoms with Gasteiger partial charge in [-0.3, -0.25) is 0 Å². The van der Waals surface area contributed by atoms with Gasteiger partial charge < -0.3 is 0 Å². The van der Waals surface area contributed by atoms with Crippen LogP contribution in [0.1, 0.15) is 0 Å². The highest BCUT2D eigenvalue weighted by Gasteiger charge is 1.89. The molecule has 1 aromatic carbocycles. The molecule has 0 amide bonds. The lowest BCUT2D eigenvalue weighted by molar-refractivity contribution is 0.697. The van der Waals surface area contributed by atoms with E-state index in [1.807, 2.05) is 23.7 Å². The minimum absolute atomic E-state index is 0.250. The van der Waals surface area contributed by atoms with Gasteiger partial charge in [0.05, 0.1) is 15.7 Å². The Morgan fingerprint density at radius 1 is 1.42 bits per heavy atom. The molecule has 0 fully saturated rings. The van der Waals surface area contributed by atoms with Crippen molar-refractivity contribution in [3.63, 3.8) is 0 Å². The third-order valence-electron chi connectivity index (χ3n) is 1.24. The Kier molecular flexibility index (Phi) is 3.56. The van der Waals surface area contributed by atoms with Crippen LogP contribution in [0.5, 0.6) is 0 Å². The molecule has 0 aliphatic rings. The molecule has 0 aliphatic heterocycles. The second kappa shape index (κ2) is 4.74. The third-order valence-corrected chi connectivity index (χ3v) is 2.05. The van der Waals surface area contributed by atoms with E-state index in [1.165, 1.54) is 4.70 Å². The first-order chi connectivity index (χ1) is 5.88. The van der Waals surface area contributed by atoms with Gasteiger partial charge in [0, 0.05) is 0 Å². The number of thiazole rings is 1. The molecule has 0 radical (unpaired) electrons. The van der Waals surface area contributed by atoms with Crippen LogP contribution in [0.4, 0.5) is 0 Å². The van der Waals surface area contributed by atoms with Crippen molar-refractivity contribution in [2.45, 2.75) is 0 Å². The fourth-order valence-corrected chi connectivity index (χ4v) is 1.48. The van der Waals surface area contributed by atoms with Crippen molar-refractivity contribution in [3.8, 4) is 0 Å². The lowest BCUT2D eigenvalue weighted by Crippen LogP contribution is -1.61. The molecule has 5 heteroatoms. The summed E-state index contributed by atoms with van der Waals surface area (Å²) in [6, 6.07) is 8.13. The molecule has 12 heavy (non-hydrogen) atoms. The Morgan fingerprint density at radius 2 is 2.08 bits per heavy atom. The van der Waals surface area contributed by atoms with Gasteiger partial charge in [-0.15, -0.1) is 11.3 Å². The van der Waals surface area contributed by atoms with Crippen molar-refractivity contribution in [1.82, 2.24) is 4.98 Å². The van der Waals surface area contributed by atoms with Crippen molar-refractivity contribution in [2.75, 3.05) is 0 Å². The monoisotopic (exact) mass is 198 g/mol. The fraction of sp³-hybridized carbons (Fsp3) is 0. The molecule has 2 rings (SSSR count). The van der Waals surface area contributed by atoms with Crippen LogP contribution in [-0.4, -0.2) is 9.19 Å². The first-order valence-electron chi connectivity index (χ1n) is 3.12. The van der Waals surface area contributed by atoms with E-state index in [2.05, 4.69) is 11.1 Å². The number of benzene rings is 1. The third kappa shape index (κ3) is 2.21. The van der Waals surface area contributed by atoms with Crippen LogP contribution in [0.2, 0.25) is 0 Å². The predicted octanol–water partition coefficient (Wildman–Crippen LogP) is 2.26. The van der Waals surface area contributed by atoms with Crippen LogP contribution in [0.25, 0.3) is 10.2 Å². The highest BCUT2D eigenvalue weighted by atomic mass is 32.1. The number of hydrogen-bond donors (Lipinski definition) is 1. The second-order valence-corrected chi connectivity index (χ2v) is 2.96. The molecule has 0 spiro atoms. The summed E-state index contributed by atoms with van der Waals surface area (Å²) in [5.41, 5.74) is 2.97. The molecule has 0 unspecified atom stereocenters. The van der Waals surface area contributed by atoms with Crippen molar-refractivity contribution in [3.05, 3.63) is 29.8 Å². The van der Waals surface area contributed by atoms with Crippen LogP contribution >= 0.6 is 11.3 Å². The summed E-state index contributed by atoms with van der Waals surface area (Å²) in [5, 5.41) is 0. The normalized spacial score (nSPS) is 8.67. The summed E-state index contributed by atoms with van der Waals surface area (Å²) in [7, 11) is 0. The molecule has 1 heterocycles. The molecular weight excluding hydrogens is 192 g/mol. The van der Waals surface area contributed by atoms with Gasteiger partial charge in [0.25, 0.3) is 0 Å². The quantitative estimate of drug-likeness (QED) is 0.706. The lowest BCUT2D eigenvalue weighted by atomic mass is 10.3. The Hall–Kier alpha value is -1.07. The van der Waals surface area contributed by atoms with Crippen LogP contribution in [0.15, 0.2) is 29.8 Å². The van der Waals surface area contributed by atoms with E-state index >= 15 is 0 Å². The molecule has 2 aromatic rings. The Balaban J connectivity index is 0.000000213. The molecule has 1 aromatic heterocycles. The Labute approximate surface area is 77.1 Å². The average Bonchev–Trinajstić information content (AvgIpc) is 2.52. The number of nitrogens with one attached hydrogen (secondary N) is 1. The van der Waals surface area contributed by atoms with Gasteiger partial charge in [-0.05, 0) is 12.1 Å².